The summed E-state index contributed by atoms with van der Waals surface area (Å²) >= 11 is 0. The lowest BCUT2D eigenvalue weighted by atomic mass is 10.1. The van der Waals surface area contributed by atoms with E-state index >= 15 is 0 Å². The molecule has 0 radical (unpaired) electrons. The molecule has 3 heterocycles. The lowest BCUT2D eigenvalue weighted by Crippen LogP contribution is -2.47. The molecule has 7 heteroatoms. The van der Waals surface area contributed by atoms with E-state index in [2.05, 4.69) is 63.3 Å². The first-order valence-electron chi connectivity index (χ1n) is 12.7. The number of hydrogen-bond acceptors (Lipinski definition) is 6. The molecule has 0 spiro atoms. The van der Waals surface area contributed by atoms with Gasteiger partial charge in [-0.3, -0.25) is 9.69 Å². The third-order valence-corrected chi connectivity index (χ3v) is 7.27. The van der Waals surface area contributed by atoms with Gasteiger partial charge in [-0.1, -0.05) is 54.6 Å². The van der Waals surface area contributed by atoms with E-state index in [1.165, 1.54) is 20.8 Å². The molecule has 5 aromatic rings. The van der Waals surface area contributed by atoms with Crippen LogP contribution in [0.5, 0.6) is 0 Å². The van der Waals surface area contributed by atoms with Gasteiger partial charge >= 0.3 is 0 Å². The maximum atomic E-state index is 12.5. The maximum Gasteiger partial charge on any atom is 0.279 e. The number of para-hydroxylation sites is 2. The first-order chi connectivity index (χ1) is 17.7. The molecule has 2 aromatic heterocycles. The molecule has 7 nitrogen and oxygen atoms in total. The summed E-state index contributed by atoms with van der Waals surface area (Å²) in [6, 6.07) is 24.4. The molecular formula is C29H30N6O. The third-order valence-electron chi connectivity index (χ3n) is 7.27. The average Bonchev–Trinajstić information content (AvgIpc) is 2.93. The molecule has 1 aliphatic rings. The van der Waals surface area contributed by atoms with Crippen molar-refractivity contribution in [2.45, 2.75) is 19.3 Å². The Hall–Kier alpha value is -3.97. The van der Waals surface area contributed by atoms with E-state index in [1.54, 1.807) is 6.07 Å². The maximum absolute atomic E-state index is 12.5. The Morgan fingerprint density at radius 2 is 1.31 bits per heavy atom. The predicted octanol–water partition coefficient (Wildman–Crippen LogP) is 3.96. The molecule has 6 rings (SSSR count). The highest BCUT2D eigenvalue weighted by Crippen LogP contribution is 2.31. The van der Waals surface area contributed by atoms with Gasteiger partial charge in [0.1, 0.15) is 11.6 Å². The number of aromatic nitrogens is 3. The number of anilines is 1. The minimum Gasteiger partial charge on any atom is -0.354 e. The van der Waals surface area contributed by atoms with Gasteiger partial charge in [0, 0.05) is 43.4 Å². The fourth-order valence-electron chi connectivity index (χ4n) is 5.30. The van der Waals surface area contributed by atoms with Crippen molar-refractivity contribution in [1.29, 1.82) is 0 Å². The summed E-state index contributed by atoms with van der Waals surface area (Å²) in [5.41, 5.74) is 1.58. The number of nitrogen functional groups attached to an aromatic ring is 1. The Labute approximate surface area is 209 Å². The van der Waals surface area contributed by atoms with Crippen molar-refractivity contribution in [2.75, 3.05) is 43.5 Å². The van der Waals surface area contributed by atoms with Crippen molar-refractivity contribution in [3.63, 3.8) is 0 Å². The Morgan fingerprint density at radius 1 is 0.694 bits per heavy atom. The average molecular weight is 479 g/mol. The molecule has 0 aliphatic carbocycles. The van der Waals surface area contributed by atoms with E-state index in [-0.39, 0.29) is 5.56 Å². The van der Waals surface area contributed by atoms with Crippen LogP contribution in [0.2, 0.25) is 0 Å². The number of nitrogens with zero attached hydrogens (tertiary/aromatic N) is 5. The molecule has 2 N–H and O–H groups in total. The number of fused-ring (bicyclic) bond motifs is 4. The van der Waals surface area contributed by atoms with Crippen LogP contribution in [0.25, 0.3) is 32.6 Å². The van der Waals surface area contributed by atoms with Crippen LogP contribution in [-0.2, 0) is 6.42 Å². The SMILES string of the molecule is Nn1c(CCCCN2CCN(c3nc4ccccc4c4ccccc34)CC2)nc2ccccc2c1=O. The summed E-state index contributed by atoms with van der Waals surface area (Å²) in [4.78, 5) is 27.1. The molecule has 0 saturated carbocycles. The number of hydrogen-bond donors (Lipinski definition) is 1. The summed E-state index contributed by atoms with van der Waals surface area (Å²) in [6.45, 7) is 4.98. The molecule has 0 bridgehead atoms. The van der Waals surface area contributed by atoms with Crippen LogP contribution in [-0.4, -0.2) is 52.3 Å². The number of benzene rings is 3. The molecular weight excluding hydrogens is 448 g/mol. The van der Waals surface area contributed by atoms with E-state index in [4.69, 9.17) is 10.8 Å². The smallest absolute Gasteiger partial charge is 0.279 e. The second-order valence-corrected chi connectivity index (χ2v) is 9.50. The van der Waals surface area contributed by atoms with Gasteiger partial charge < -0.3 is 10.7 Å². The predicted molar refractivity (Wildman–Crippen MR) is 147 cm³/mol. The van der Waals surface area contributed by atoms with E-state index < -0.39 is 0 Å². The minimum atomic E-state index is -0.179. The van der Waals surface area contributed by atoms with Crippen molar-refractivity contribution >= 4 is 38.4 Å². The molecule has 1 saturated heterocycles. The number of pyridine rings is 1. The van der Waals surface area contributed by atoms with Crippen LogP contribution in [0.15, 0.2) is 77.6 Å². The summed E-state index contributed by atoms with van der Waals surface area (Å²) < 4.78 is 1.21. The topological polar surface area (TPSA) is 80.3 Å². The Morgan fingerprint density at radius 3 is 2.06 bits per heavy atom. The second-order valence-electron chi connectivity index (χ2n) is 9.50. The van der Waals surface area contributed by atoms with Crippen molar-refractivity contribution < 1.29 is 0 Å². The third kappa shape index (κ3) is 4.16. The van der Waals surface area contributed by atoms with Crippen molar-refractivity contribution in [2.24, 2.45) is 0 Å². The highest BCUT2D eigenvalue weighted by atomic mass is 16.1. The normalized spacial score (nSPS) is 14.7. The van der Waals surface area contributed by atoms with Crippen LogP contribution in [0.1, 0.15) is 18.7 Å². The summed E-state index contributed by atoms with van der Waals surface area (Å²) in [5, 5.41) is 4.26. The molecule has 3 aromatic carbocycles. The Balaban J connectivity index is 1.08. The van der Waals surface area contributed by atoms with Crippen LogP contribution >= 0.6 is 0 Å². The number of nitrogens with two attached hydrogens (primary N) is 1. The zero-order valence-electron chi connectivity index (χ0n) is 20.3. The molecule has 0 atom stereocenters. The van der Waals surface area contributed by atoms with Gasteiger partial charge in [0.05, 0.1) is 16.4 Å². The van der Waals surface area contributed by atoms with Crippen LogP contribution in [0.3, 0.4) is 0 Å². The van der Waals surface area contributed by atoms with E-state index in [9.17, 15) is 4.79 Å². The van der Waals surface area contributed by atoms with Gasteiger partial charge in [0.25, 0.3) is 5.56 Å². The zero-order chi connectivity index (χ0) is 24.5. The Kier molecular flexibility index (Phi) is 5.99. The van der Waals surface area contributed by atoms with E-state index in [0.29, 0.717) is 23.1 Å². The summed E-state index contributed by atoms with van der Waals surface area (Å²) in [6.07, 6.45) is 2.68. The largest absolute Gasteiger partial charge is 0.354 e. The number of rotatable bonds is 6. The standard InChI is InChI=1S/C29H30N6O/c30-35-27(31-26-14-6-4-12-24(26)29(35)36)15-7-8-16-33-17-19-34(20-18-33)28-23-11-2-1-9-21(23)22-10-3-5-13-25(22)32-28/h1-6,9-14H,7-8,15-20,30H2. The fraction of sp³-hybridized carbons (Fsp3) is 0.276. The van der Waals surface area contributed by atoms with Crippen LogP contribution in [0, 0.1) is 0 Å². The second kappa shape index (κ2) is 9.59. The van der Waals surface area contributed by atoms with E-state index in [1.807, 2.05) is 18.2 Å². The van der Waals surface area contributed by atoms with Crippen LogP contribution < -0.4 is 16.3 Å². The number of piperazine rings is 1. The van der Waals surface area contributed by atoms with Crippen molar-refractivity contribution in [3.8, 4) is 0 Å². The summed E-state index contributed by atoms with van der Waals surface area (Å²) in [7, 11) is 0. The quantitative estimate of drug-likeness (QED) is 0.226. The van der Waals surface area contributed by atoms with E-state index in [0.717, 1.165) is 56.9 Å². The molecule has 36 heavy (non-hydrogen) atoms. The molecule has 1 aliphatic heterocycles. The zero-order valence-corrected chi connectivity index (χ0v) is 20.3. The first-order valence-corrected chi connectivity index (χ1v) is 12.7. The van der Waals surface area contributed by atoms with Gasteiger partial charge in [-0.05, 0) is 43.0 Å². The fourth-order valence-corrected chi connectivity index (χ4v) is 5.30. The van der Waals surface area contributed by atoms with Gasteiger partial charge in [-0.15, -0.1) is 0 Å². The molecule has 0 amide bonds. The number of aryl methyl sites for hydroxylation is 1. The minimum absolute atomic E-state index is 0.179. The highest BCUT2D eigenvalue weighted by Gasteiger charge is 2.20. The lowest BCUT2D eigenvalue weighted by molar-refractivity contribution is 0.252. The molecule has 1 fully saturated rings. The lowest BCUT2D eigenvalue weighted by Gasteiger charge is -2.36. The molecule has 182 valence electrons. The van der Waals surface area contributed by atoms with Crippen molar-refractivity contribution in [1.82, 2.24) is 19.5 Å². The Bertz CT molecular complexity index is 1600. The van der Waals surface area contributed by atoms with Crippen LogP contribution in [0.4, 0.5) is 5.82 Å². The number of unbranched alkanes of at least 4 members (excludes halogenated alkanes) is 1. The first kappa shape index (κ1) is 22.5. The van der Waals surface area contributed by atoms with Gasteiger partial charge in [0.15, 0.2) is 0 Å². The van der Waals surface area contributed by atoms with Gasteiger partial charge in [0.2, 0.25) is 0 Å². The van der Waals surface area contributed by atoms with Crippen molar-refractivity contribution in [3.05, 3.63) is 89.0 Å². The van der Waals surface area contributed by atoms with Gasteiger partial charge in [-0.25, -0.2) is 14.6 Å². The highest BCUT2D eigenvalue weighted by molar-refractivity contribution is 6.10. The summed E-state index contributed by atoms with van der Waals surface area (Å²) in [5.74, 6) is 7.78. The molecule has 0 unspecified atom stereocenters. The van der Waals surface area contributed by atoms with Gasteiger partial charge in [-0.2, -0.15) is 0 Å². The monoisotopic (exact) mass is 478 g/mol.